The van der Waals surface area contributed by atoms with Crippen molar-refractivity contribution in [2.75, 3.05) is 11.4 Å². The highest BCUT2D eigenvalue weighted by molar-refractivity contribution is 6.05. The Balaban J connectivity index is 1.78. The van der Waals surface area contributed by atoms with E-state index in [2.05, 4.69) is 5.10 Å². The van der Waals surface area contributed by atoms with Crippen molar-refractivity contribution in [3.8, 4) is 5.69 Å². The molecule has 8 heteroatoms. The second-order valence-corrected chi connectivity index (χ2v) is 7.54. The summed E-state index contributed by atoms with van der Waals surface area (Å²) in [5.74, 6) is -0.626. The van der Waals surface area contributed by atoms with Gasteiger partial charge in [-0.25, -0.2) is 4.68 Å². The fraction of sp³-hybridized carbons (Fsp3) is 0.160. The molecule has 1 amide bonds. The van der Waals surface area contributed by atoms with Crippen LogP contribution in [0.25, 0.3) is 16.5 Å². The number of rotatable bonds is 4. The molecule has 0 aliphatic rings. The average Bonchev–Trinajstić information content (AvgIpc) is 2.79. The van der Waals surface area contributed by atoms with Crippen LogP contribution >= 0.6 is 0 Å². The molecule has 0 saturated heterocycles. The fourth-order valence-corrected chi connectivity index (χ4v) is 3.69. The molecule has 0 saturated carbocycles. The lowest BCUT2D eigenvalue weighted by Crippen LogP contribution is -2.36. The Labute approximate surface area is 187 Å². The minimum absolute atomic E-state index is 0.102. The van der Waals surface area contributed by atoms with Crippen molar-refractivity contribution in [1.29, 1.82) is 0 Å². The van der Waals surface area contributed by atoms with Crippen molar-refractivity contribution in [2.45, 2.75) is 20.0 Å². The molecule has 33 heavy (non-hydrogen) atoms. The number of hydrogen-bond donors (Lipinski definition) is 0. The van der Waals surface area contributed by atoms with Crippen LogP contribution in [0.5, 0.6) is 0 Å². The quantitative estimate of drug-likeness (QED) is 0.419. The Morgan fingerprint density at radius 1 is 0.970 bits per heavy atom. The van der Waals surface area contributed by atoms with Gasteiger partial charge < -0.3 is 4.90 Å². The van der Waals surface area contributed by atoms with Gasteiger partial charge in [-0.1, -0.05) is 36.4 Å². The normalized spacial score (nSPS) is 11.5. The van der Waals surface area contributed by atoms with Crippen LogP contribution in [0, 0.1) is 6.92 Å². The van der Waals surface area contributed by atoms with Crippen LogP contribution in [0.4, 0.5) is 18.9 Å². The maximum absolute atomic E-state index is 13.3. The average molecular weight is 451 g/mol. The summed E-state index contributed by atoms with van der Waals surface area (Å²) in [5.41, 5.74) is -0.810. The van der Waals surface area contributed by atoms with Crippen LogP contribution < -0.4 is 10.3 Å². The van der Waals surface area contributed by atoms with Gasteiger partial charge in [-0.3, -0.25) is 9.59 Å². The molecule has 168 valence electrons. The van der Waals surface area contributed by atoms with Crippen molar-refractivity contribution in [3.05, 3.63) is 100.0 Å². The molecule has 4 rings (SSSR count). The molecule has 3 aromatic carbocycles. The molecule has 0 bridgehead atoms. The van der Waals surface area contributed by atoms with Gasteiger partial charge in [0.2, 0.25) is 5.43 Å². The maximum Gasteiger partial charge on any atom is 0.416 e. The predicted octanol–water partition coefficient (Wildman–Crippen LogP) is 5.38. The van der Waals surface area contributed by atoms with E-state index in [0.29, 0.717) is 11.4 Å². The van der Waals surface area contributed by atoms with E-state index in [4.69, 9.17) is 0 Å². The fourth-order valence-electron chi connectivity index (χ4n) is 3.69. The number of alkyl halides is 3. The molecule has 0 unspecified atom stereocenters. The third-order valence-electron chi connectivity index (χ3n) is 5.33. The number of carbonyl (C=O) groups is 1. The van der Waals surface area contributed by atoms with Crippen molar-refractivity contribution in [2.24, 2.45) is 0 Å². The van der Waals surface area contributed by atoms with Gasteiger partial charge in [-0.15, -0.1) is 0 Å². The third-order valence-corrected chi connectivity index (χ3v) is 5.33. The molecule has 1 heterocycles. The van der Waals surface area contributed by atoms with Gasteiger partial charge in [-0.05, 0) is 55.0 Å². The third kappa shape index (κ3) is 4.37. The topological polar surface area (TPSA) is 55.2 Å². The van der Waals surface area contributed by atoms with Crippen molar-refractivity contribution in [1.82, 2.24) is 9.78 Å². The molecule has 0 aliphatic carbocycles. The smallest absolute Gasteiger partial charge is 0.307 e. The summed E-state index contributed by atoms with van der Waals surface area (Å²) in [6.45, 7) is 3.59. The Bertz CT molecular complexity index is 1410. The van der Waals surface area contributed by atoms with E-state index >= 15 is 0 Å². The SMILES string of the molecule is CCN(C(=O)c1nn(-c2cccc(C(F)(F)F)c2)c(C)cc1=O)c1ccc2ccccc2c1. The van der Waals surface area contributed by atoms with Crippen LogP contribution in [0.3, 0.4) is 0 Å². The number of nitrogens with zero attached hydrogens (tertiary/aromatic N) is 3. The zero-order valence-corrected chi connectivity index (χ0v) is 17.9. The van der Waals surface area contributed by atoms with Gasteiger partial charge in [0.1, 0.15) is 0 Å². The number of halogens is 3. The number of aryl methyl sites for hydroxylation is 1. The lowest BCUT2D eigenvalue weighted by molar-refractivity contribution is -0.137. The van der Waals surface area contributed by atoms with E-state index in [1.807, 2.05) is 36.4 Å². The molecule has 0 fully saturated rings. The van der Waals surface area contributed by atoms with Crippen LogP contribution in [0.15, 0.2) is 77.6 Å². The van der Waals surface area contributed by atoms with Crippen molar-refractivity contribution >= 4 is 22.4 Å². The van der Waals surface area contributed by atoms with Crippen molar-refractivity contribution in [3.63, 3.8) is 0 Å². The monoisotopic (exact) mass is 451 g/mol. The van der Waals surface area contributed by atoms with E-state index in [9.17, 15) is 22.8 Å². The van der Waals surface area contributed by atoms with E-state index in [1.54, 1.807) is 19.9 Å². The molecule has 4 aromatic rings. The second-order valence-electron chi connectivity index (χ2n) is 7.54. The number of carbonyl (C=O) groups excluding carboxylic acids is 1. The second kappa shape index (κ2) is 8.54. The van der Waals surface area contributed by atoms with Gasteiger partial charge in [0.05, 0.1) is 11.3 Å². The standard InChI is InChI=1S/C25H20F3N3O2/c1-3-30(20-12-11-17-7-4-5-8-18(17)14-20)24(33)23-22(32)13-16(2)31(29-23)21-10-6-9-19(15-21)25(26,27)28/h4-15H,3H2,1-2H3. The summed E-state index contributed by atoms with van der Waals surface area (Å²) < 4.78 is 40.7. The number of amides is 1. The maximum atomic E-state index is 13.3. The van der Waals surface area contributed by atoms with Crippen LogP contribution in [0.2, 0.25) is 0 Å². The van der Waals surface area contributed by atoms with Gasteiger partial charge >= 0.3 is 6.18 Å². The highest BCUT2D eigenvalue weighted by atomic mass is 19.4. The van der Waals surface area contributed by atoms with E-state index < -0.39 is 23.1 Å². The Kier molecular flexibility index (Phi) is 5.76. The van der Waals surface area contributed by atoms with Crippen LogP contribution in [-0.4, -0.2) is 22.2 Å². The number of aromatic nitrogens is 2. The molecule has 0 atom stereocenters. The largest absolute Gasteiger partial charge is 0.416 e. The molecule has 0 spiro atoms. The minimum atomic E-state index is -4.53. The highest BCUT2D eigenvalue weighted by Gasteiger charge is 2.31. The number of benzene rings is 3. The molecule has 0 radical (unpaired) electrons. The number of fused-ring (bicyclic) bond motifs is 1. The number of hydrogen-bond acceptors (Lipinski definition) is 3. The molecule has 0 N–H and O–H groups in total. The summed E-state index contributed by atoms with van der Waals surface area (Å²) in [7, 11) is 0. The molecule has 0 aliphatic heterocycles. The first-order valence-corrected chi connectivity index (χ1v) is 10.3. The lowest BCUT2D eigenvalue weighted by Gasteiger charge is -2.21. The van der Waals surface area contributed by atoms with Crippen LogP contribution in [-0.2, 0) is 6.18 Å². The summed E-state index contributed by atoms with van der Waals surface area (Å²) in [5, 5.41) is 6.10. The van der Waals surface area contributed by atoms with Crippen LogP contribution in [0.1, 0.15) is 28.7 Å². The summed E-state index contributed by atoms with van der Waals surface area (Å²) in [6.07, 6.45) is -4.53. The van der Waals surface area contributed by atoms with Gasteiger partial charge in [0.25, 0.3) is 5.91 Å². The Hall–Kier alpha value is -3.94. The van der Waals surface area contributed by atoms with E-state index in [1.165, 1.54) is 27.8 Å². The zero-order valence-electron chi connectivity index (χ0n) is 17.9. The first kappa shape index (κ1) is 22.3. The molecule has 5 nitrogen and oxygen atoms in total. The first-order chi connectivity index (χ1) is 15.7. The Morgan fingerprint density at radius 3 is 2.39 bits per heavy atom. The highest BCUT2D eigenvalue weighted by Crippen LogP contribution is 2.30. The van der Waals surface area contributed by atoms with Gasteiger partial charge in [-0.2, -0.15) is 18.3 Å². The molecular weight excluding hydrogens is 431 g/mol. The molecular formula is C25H20F3N3O2. The summed E-state index contributed by atoms with van der Waals surface area (Å²) in [4.78, 5) is 27.4. The minimum Gasteiger partial charge on any atom is -0.307 e. The lowest BCUT2D eigenvalue weighted by atomic mass is 10.1. The predicted molar refractivity (Wildman–Crippen MR) is 121 cm³/mol. The van der Waals surface area contributed by atoms with Gasteiger partial charge in [0.15, 0.2) is 5.69 Å². The number of anilines is 1. The summed E-state index contributed by atoms with van der Waals surface area (Å²) in [6, 6.07) is 19.0. The summed E-state index contributed by atoms with van der Waals surface area (Å²) >= 11 is 0. The van der Waals surface area contributed by atoms with Crippen molar-refractivity contribution < 1.29 is 18.0 Å². The van der Waals surface area contributed by atoms with E-state index in [-0.39, 0.29) is 17.9 Å². The van der Waals surface area contributed by atoms with Gasteiger partial charge in [0, 0.05) is 24.0 Å². The first-order valence-electron chi connectivity index (χ1n) is 10.3. The molecule has 1 aromatic heterocycles. The zero-order chi connectivity index (χ0) is 23.8. The Morgan fingerprint density at radius 2 is 1.70 bits per heavy atom. The van der Waals surface area contributed by atoms with E-state index in [0.717, 1.165) is 22.9 Å².